The van der Waals surface area contributed by atoms with Crippen LogP contribution < -0.4 is 16.8 Å². The van der Waals surface area contributed by atoms with Crippen LogP contribution in [0.5, 0.6) is 0 Å². The number of nitrogens with two attached hydrogens (primary N) is 2. The molecule has 0 aliphatic carbocycles. The molecule has 0 unspecified atom stereocenters. The second-order valence-electron chi connectivity index (χ2n) is 4.00. The highest BCUT2D eigenvalue weighted by molar-refractivity contribution is 6.33. The zero-order chi connectivity index (χ0) is 14.0. The summed E-state index contributed by atoms with van der Waals surface area (Å²) >= 11 is 11.8. The van der Waals surface area contributed by atoms with Gasteiger partial charge in [-0.05, 0) is 17.7 Å². The molecule has 0 bridgehead atoms. The van der Waals surface area contributed by atoms with E-state index in [0.29, 0.717) is 11.6 Å². The molecule has 0 fully saturated rings. The van der Waals surface area contributed by atoms with E-state index in [-0.39, 0.29) is 22.1 Å². The van der Waals surface area contributed by atoms with Crippen LogP contribution in [-0.4, -0.2) is 0 Å². The second-order valence-corrected chi connectivity index (χ2v) is 4.79. The van der Waals surface area contributed by atoms with E-state index >= 15 is 0 Å². The van der Waals surface area contributed by atoms with Gasteiger partial charge in [-0.2, -0.15) is 0 Å². The highest BCUT2D eigenvalue weighted by Crippen LogP contribution is 2.34. The number of benzene rings is 2. The van der Waals surface area contributed by atoms with Gasteiger partial charge in [0.2, 0.25) is 0 Å². The summed E-state index contributed by atoms with van der Waals surface area (Å²) in [4.78, 5) is 0. The Morgan fingerprint density at radius 2 is 1.79 bits per heavy atom. The van der Waals surface area contributed by atoms with Gasteiger partial charge in [0, 0.05) is 11.6 Å². The number of hydrogen-bond donors (Lipinski definition) is 3. The van der Waals surface area contributed by atoms with E-state index in [4.69, 9.17) is 34.7 Å². The Morgan fingerprint density at radius 1 is 1.11 bits per heavy atom. The van der Waals surface area contributed by atoms with Gasteiger partial charge >= 0.3 is 0 Å². The smallest absolute Gasteiger partial charge is 0.169 e. The van der Waals surface area contributed by atoms with E-state index in [1.54, 1.807) is 6.07 Å². The predicted octanol–water partition coefficient (Wildman–Crippen LogP) is 3.91. The molecule has 6 heteroatoms. The summed E-state index contributed by atoms with van der Waals surface area (Å²) in [5.74, 6) is -0.661. The lowest BCUT2D eigenvalue weighted by atomic mass is 10.2. The van der Waals surface area contributed by atoms with Crippen molar-refractivity contribution in [3.8, 4) is 0 Å². The van der Waals surface area contributed by atoms with Crippen molar-refractivity contribution >= 4 is 40.3 Å². The molecule has 0 aliphatic rings. The minimum Gasteiger partial charge on any atom is -0.397 e. The van der Waals surface area contributed by atoms with Gasteiger partial charge in [-0.1, -0.05) is 41.4 Å². The molecule has 0 aliphatic heterocycles. The van der Waals surface area contributed by atoms with Crippen LogP contribution in [0.2, 0.25) is 10.0 Å². The van der Waals surface area contributed by atoms with Crippen LogP contribution in [0.3, 0.4) is 0 Å². The van der Waals surface area contributed by atoms with Gasteiger partial charge in [0.05, 0.1) is 17.1 Å². The quantitative estimate of drug-likeness (QED) is 0.753. The van der Waals surface area contributed by atoms with Gasteiger partial charge in [-0.3, -0.25) is 0 Å². The zero-order valence-electron chi connectivity index (χ0n) is 9.88. The zero-order valence-corrected chi connectivity index (χ0v) is 11.4. The molecule has 0 aromatic heterocycles. The van der Waals surface area contributed by atoms with Crippen molar-refractivity contribution in [3.05, 3.63) is 51.8 Å². The molecular formula is C13H12Cl2FN3. The highest BCUT2D eigenvalue weighted by Gasteiger charge is 2.14. The fraction of sp³-hybridized carbons (Fsp3) is 0.0769. The molecule has 5 N–H and O–H groups in total. The Labute approximate surface area is 120 Å². The third kappa shape index (κ3) is 2.85. The first kappa shape index (κ1) is 13.8. The van der Waals surface area contributed by atoms with E-state index < -0.39 is 5.82 Å². The van der Waals surface area contributed by atoms with Crippen LogP contribution in [0, 0.1) is 5.82 Å². The van der Waals surface area contributed by atoms with Crippen LogP contribution in [0.1, 0.15) is 5.56 Å². The molecule has 0 amide bonds. The number of nitrogen functional groups attached to an aromatic ring is 2. The normalized spacial score (nSPS) is 10.5. The average Bonchev–Trinajstić information content (AvgIpc) is 2.38. The first-order chi connectivity index (χ1) is 9.00. The Hall–Kier alpha value is -1.65. The Balaban J connectivity index is 2.26. The standard InChI is InChI=1S/C13H12Cl2FN3/c14-8-4-2-1-3-7(8)6-19-13-10(18)5-9(17)11(15)12(13)16/h1-5,19H,6,17-18H2. The summed E-state index contributed by atoms with van der Waals surface area (Å²) in [6, 6.07) is 8.68. The van der Waals surface area contributed by atoms with Crippen molar-refractivity contribution in [1.82, 2.24) is 0 Å². The van der Waals surface area contributed by atoms with Crippen LogP contribution >= 0.6 is 23.2 Å². The van der Waals surface area contributed by atoms with E-state index in [9.17, 15) is 4.39 Å². The van der Waals surface area contributed by atoms with Gasteiger partial charge in [-0.15, -0.1) is 0 Å². The molecule has 0 heterocycles. The molecule has 19 heavy (non-hydrogen) atoms. The minimum atomic E-state index is -0.661. The number of nitrogens with one attached hydrogen (secondary N) is 1. The molecule has 100 valence electrons. The first-order valence-electron chi connectivity index (χ1n) is 5.51. The summed E-state index contributed by atoms with van der Waals surface area (Å²) < 4.78 is 13.9. The summed E-state index contributed by atoms with van der Waals surface area (Å²) in [7, 11) is 0. The third-order valence-electron chi connectivity index (χ3n) is 2.68. The summed E-state index contributed by atoms with van der Waals surface area (Å²) in [6.45, 7) is 0.334. The highest BCUT2D eigenvalue weighted by atomic mass is 35.5. The van der Waals surface area contributed by atoms with E-state index in [1.807, 2.05) is 18.2 Å². The number of rotatable bonds is 3. The lowest BCUT2D eigenvalue weighted by Crippen LogP contribution is -2.07. The van der Waals surface area contributed by atoms with Crippen molar-refractivity contribution in [3.63, 3.8) is 0 Å². The van der Waals surface area contributed by atoms with Gasteiger partial charge in [0.1, 0.15) is 5.02 Å². The van der Waals surface area contributed by atoms with Gasteiger partial charge in [0.25, 0.3) is 0 Å². The number of hydrogen-bond acceptors (Lipinski definition) is 3. The summed E-state index contributed by atoms with van der Waals surface area (Å²) in [5.41, 5.74) is 12.5. The van der Waals surface area contributed by atoms with Crippen molar-refractivity contribution in [2.24, 2.45) is 0 Å². The topological polar surface area (TPSA) is 64.1 Å². The molecular weight excluding hydrogens is 288 g/mol. The van der Waals surface area contributed by atoms with E-state index in [2.05, 4.69) is 5.32 Å². The molecule has 0 spiro atoms. The van der Waals surface area contributed by atoms with E-state index in [1.165, 1.54) is 6.07 Å². The molecule has 0 radical (unpaired) electrons. The SMILES string of the molecule is Nc1cc(N)c(NCc2ccccc2Cl)c(F)c1Cl. The maximum atomic E-state index is 13.9. The molecule has 2 aromatic rings. The largest absolute Gasteiger partial charge is 0.397 e. The molecule has 2 aromatic carbocycles. The third-order valence-corrected chi connectivity index (χ3v) is 3.43. The second kappa shape index (κ2) is 5.55. The van der Waals surface area contributed by atoms with Gasteiger partial charge in [0.15, 0.2) is 5.82 Å². The predicted molar refractivity (Wildman–Crippen MR) is 79.0 cm³/mol. The van der Waals surface area contributed by atoms with Crippen molar-refractivity contribution in [2.45, 2.75) is 6.54 Å². The number of anilines is 3. The van der Waals surface area contributed by atoms with Crippen LogP contribution in [0.15, 0.2) is 30.3 Å². The first-order valence-corrected chi connectivity index (χ1v) is 6.26. The fourth-order valence-electron chi connectivity index (χ4n) is 1.67. The maximum Gasteiger partial charge on any atom is 0.169 e. The van der Waals surface area contributed by atoms with Crippen molar-refractivity contribution in [1.29, 1.82) is 0 Å². The lowest BCUT2D eigenvalue weighted by molar-refractivity contribution is 0.632. The average molecular weight is 300 g/mol. The van der Waals surface area contributed by atoms with Crippen molar-refractivity contribution < 1.29 is 4.39 Å². The lowest BCUT2D eigenvalue weighted by Gasteiger charge is -2.13. The van der Waals surface area contributed by atoms with Crippen LogP contribution in [-0.2, 0) is 6.54 Å². The molecule has 0 atom stereocenters. The van der Waals surface area contributed by atoms with Gasteiger partial charge < -0.3 is 16.8 Å². The maximum absolute atomic E-state index is 13.9. The van der Waals surface area contributed by atoms with Gasteiger partial charge in [-0.25, -0.2) is 4.39 Å². The van der Waals surface area contributed by atoms with E-state index in [0.717, 1.165) is 5.56 Å². The molecule has 2 rings (SSSR count). The molecule has 0 saturated carbocycles. The monoisotopic (exact) mass is 299 g/mol. The Kier molecular flexibility index (Phi) is 4.02. The fourth-order valence-corrected chi connectivity index (χ4v) is 2.02. The molecule has 3 nitrogen and oxygen atoms in total. The Bertz CT molecular complexity index is 617. The number of halogens is 3. The van der Waals surface area contributed by atoms with Crippen LogP contribution in [0.25, 0.3) is 0 Å². The summed E-state index contributed by atoms with van der Waals surface area (Å²) in [5, 5.41) is 3.33. The van der Waals surface area contributed by atoms with Crippen LogP contribution in [0.4, 0.5) is 21.5 Å². The van der Waals surface area contributed by atoms with Crippen molar-refractivity contribution in [2.75, 3.05) is 16.8 Å². The summed E-state index contributed by atoms with van der Waals surface area (Å²) in [6.07, 6.45) is 0. The Morgan fingerprint density at radius 3 is 2.47 bits per heavy atom. The molecule has 0 saturated heterocycles. The minimum absolute atomic E-state index is 0.111.